The molecule has 2 aromatic rings. The number of hydrogen-bond donors (Lipinski definition) is 1. The predicted octanol–water partition coefficient (Wildman–Crippen LogP) is 2.57. The summed E-state index contributed by atoms with van der Waals surface area (Å²) in [5.41, 5.74) is 7.88. The first-order valence-electron chi connectivity index (χ1n) is 6.02. The molecule has 1 aliphatic carbocycles. The minimum absolute atomic E-state index is 0. The van der Waals surface area contributed by atoms with Crippen molar-refractivity contribution in [1.82, 2.24) is 9.55 Å². The second-order valence-corrected chi connectivity index (χ2v) is 4.90. The van der Waals surface area contributed by atoms with Crippen molar-refractivity contribution in [2.24, 2.45) is 12.8 Å². The Kier molecular flexibility index (Phi) is 3.46. The smallest absolute Gasteiger partial charge is 0.126 e. The zero-order chi connectivity index (χ0) is 11.9. The lowest BCUT2D eigenvalue weighted by Gasteiger charge is -2.23. The molecule has 1 aromatic heterocycles. The second kappa shape index (κ2) is 4.75. The number of benzene rings is 1. The van der Waals surface area contributed by atoms with Crippen LogP contribution in [0.1, 0.15) is 30.3 Å². The van der Waals surface area contributed by atoms with Crippen molar-refractivity contribution in [3.8, 4) is 0 Å². The monoisotopic (exact) mass is 263 g/mol. The third kappa shape index (κ3) is 1.93. The van der Waals surface area contributed by atoms with E-state index in [4.69, 9.17) is 5.73 Å². The summed E-state index contributed by atoms with van der Waals surface area (Å²) in [6.07, 6.45) is 6.09. The fraction of sp³-hybridized carbons (Fsp3) is 0.357. The van der Waals surface area contributed by atoms with E-state index in [-0.39, 0.29) is 23.9 Å². The Morgan fingerprint density at radius 3 is 2.44 bits per heavy atom. The molecule has 1 unspecified atom stereocenters. The molecular formula is C14H18ClN3. The normalized spacial score (nSPS) is 17.9. The van der Waals surface area contributed by atoms with Gasteiger partial charge in [-0.05, 0) is 18.4 Å². The van der Waals surface area contributed by atoms with E-state index in [1.54, 1.807) is 0 Å². The van der Waals surface area contributed by atoms with Crippen molar-refractivity contribution in [2.45, 2.75) is 24.3 Å². The maximum Gasteiger partial charge on any atom is 0.126 e. The SMILES string of the molecule is Cl.Cn1ccnc1C(N)C1(c2ccccc2)CC1. The van der Waals surface area contributed by atoms with Crippen LogP contribution >= 0.6 is 12.4 Å². The summed E-state index contributed by atoms with van der Waals surface area (Å²) in [5.74, 6) is 0.978. The van der Waals surface area contributed by atoms with Crippen LogP contribution in [-0.4, -0.2) is 9.55 Å². The fourth-order valence-corrected chi connectivity index (χ4v) is 2.61. The van der Waals surface area contributed by atoms with Crippen LogP contribution < -0.4 is 5.73 Å². The van der Waals surface area contributed by atoms with Crippen LogP contribution in [-0.2, 0) is 12.5 Å². The average molecular weight is 264 g/mol. The lowest BCUT2D eigenvalue weighted by Crippen LogP contribution is -2.28. The first-order valence-corrected chi connectivity index (χ1v) is 6.02. The Labute approximate surface area is 113 Å². The third-order valence-corrected chi connectivity index (χ3v) is 3.87. The lowest BCUT2D eigenvalue weighted by molar-refractivity contribution is 0.500. The summed E-state index contributed by atoms with van der Waals surface area (Å²) in [5, 5.41) is 0. The highest BCUT2D eigenvalue weighted by atomic mass is 35.5. The zero-order valence-corrected chi connectivity index (χ0v) is 11.2. The maximum atomic E-state index is 6.43. The van der Waals surface area contributed by atoms with Gasteiger partial charge < -0.3 is 10.3 Å². The van der Waals surface area contributed by atoms with Crippen LogP contribution in [0.2, 0.25) is 0 Å². The number of aryl methyl sites for hydroxylation is 1. The Bertz CT molecular complexity index is 517. The topological polar surface area (TPSA) is 43.8 Å². The molecule has 1 atom stereocenters. The number of rotatable bonds is 3. The zero-order valence-electron chi connectivity index (χ0n) is 10.4. The molecule has 0 saturated heterocycles. The molecule has 3 nitrogen and oxygen atoms in total. The molecule has 18 heavy (non-hydrogen) atoms. The van der Waals surface area contributed by atoms with Gasteiger partial charge in [-0.3, -0.25) is 0 Å². The van der Waals surface area contributed by atoms with Gasteiger partial charge in [0, 0.05) is 24.9 Å². The molecule has 0 bridgehead atoms. The van der Waals surface area contributed by atoms with Crippen LogP contribution in [0.3, 0.4) is 0 Å². The molecule has 4 heteroatoms. The van der Waals surface area contributed by atoms with Gasteiger partial charge in [0.2, 0.25) is 0 Å². The Morgan fingerprint density at radius 2 is 1.94 bits per heavy atom. The molecule has 96 valence electrons. The Morgan fingerprint density at radius 1 is 1.28 bits per heavy atom. The van der Waals surface area contributed by atoms with Crippen molar-refractivity contribution in [3.05, 3.63) is 54.1 Å². The maximum absolute atomic E-state index is 6.43. The van der Waals surface area contributed by atoms with Crippen molar-refractivity contribution < 1.29 is 0 Å². The van der Waals surface area contributed by atoms with E-state index < -0.39 is 0 Å². The molecule has 0 radical (unpaired) electrons. The highest BCUT2D eigenvalue weighted by Gasteiger charge is 2.50. The van der Waals surface area contributed by atoms with Crippen molar-refractivity contribution in [3.63, 3.8) is 0 Å². The van der Waals surface area contributed by atoms with Gasteiger partial charge in [0.05, 0.1) is 6.04 Å². The van der Waals surface area contributed by atoms with Crippen molar-refractivity contribution >= 4 is 12.4 Å². The quantitative estimate of drug-likeness (QED) is 0.925. The number of aromatic nitrogens is 2. The second-order valence-electron chi connectivity index (χ2n) is 4.90. The number of halogens is 1. The van der Waals surface area contributed by atoms with Crippen molar-refractivity contribution in [2.75, 3.05) is 0 Å². The van der Waals surface area contributed by atoms with Gasteiger partial charge in [-0.25, -0.2) is 4.98 Å². The van der Waals surface area contributed by atoms with Gasteiger partial charge in [-0.15, -0.1) is 12.4 Å². The van der Waals surface area contributed by atoms with Gasteiger partial charge in [0.25, 0.3) is 0 Å². The van der Waals surface area contributed by atoms with Gasteiger partial charge in [-0.2, -0.15) is 0 Å². The summed E-state index contributed by atoms with van der Waals surface area (Å²) in [6.45, 7) is 0. The molecule has 1 saturated carbocycles. The van der Waals surface area contributed by atoms with Crippen LogP contribution in [0.25, 0.3) is 0 Å². The largest absolute Gasteiger partial charge is 0.337 e. The number of nitrogens with two attached hydrogens (primary N) is 1. The highest BCUT2D eigenvalue weighted by Crippen LogP contribution is 2.55. The number of hydrogen-bond acceptors (Lipinski definition) is 2. The van der Waals surface area contributed by atoms with Crippen LogP contribution in [0, 0.1) is 0 Å². The first-order chi connectivity index (χ1) is 8.24. The first kappa shape index (κ1) is 13.1. The molecule has 0 aliphatic heterocycles. The fourth-order valence-electron chi connectivity index (χ4n) is 2.61. The summed E-state index contributed by atoms with van der Waals surface area (Å²) in [6, 6.07) is 10.6. The average Bonchev–Trinajstić information content (AvgIpc) is 3.07. The van der Waals surface area contributed by atoms with Gasteiger partial charge in [-0.1, -0.05) is 30.3 Å². The van der Waals surface area contributed by atoms with E-state index in [0.29, 0.717) is 0 Å². The molecule has 1 heterocycles. The molecule has 1 aliphatic rings. The van der Waals surface area contributed by atoms with E-state index >= 15 is 0 Å². The lowest BCUT2D eigenvalue weighted by atomic mass is 9.88. The minimum Gasteiger partial charge on any atom is -0.337 e. The van der Waals surface area contributed by atoms with Gasteiger partial charge >= 0.3 is 0 Å². The third-order valence-electron chi connectivity index (χ3n) is 3.87. The molecule has 0 spiro atoms. The van der Waals surface area contributed by atoms with E-state index in [0.717, 1.165) is 18.7 Å². The van der Waals surface area contributed by atoms with Crippen LogP contribution in [0.4, 0.5) is 0 Å². The van der Waals surface area contributed by atoms with Gasteiger partial charge in [0.15, 0.2) is 0 Å². The van der Waals surface area contributed by atoms with Gasteiger partial charge in [0.1, 0.15) is 5.82 Å². The molecular weight excluding hydrogens is 246 g/mol. The van der Waals surface area contributed by atoms with Crippen LogP contribution in [0.15, 0.2) is 42.7 Å². The molecule has 2 N–H and O–H groups in total. The predicted molar refractivity (Wildman–Crippen MR) is 74.7 cm³/mol. The van der Waals surface area contributed by atoms with E-state index in [9.17, 15) is 0 Å². The molecule has 1 fully saturated rings. The van der Waals surface area contributed by atoms with Crippen LogP contribution in [0.5, 0.6) is 0 Å². The Hall–Kier alpha value is -1.32. The minimum atomic E-state index is -0.00935. The van der Waals surface area contributed by atoms with Crippen molar-refractivity contribution in [1.29, 1.82) is 0 Å². The van der Waals surface area contributed by atoms with E-state index in [2.05, 4.69) is 29.2 Å². The molecule has 3 rings (SSSR count). The molecule has 0 amide bonds. The van der Waals surface area contributed by atoms with E-state index in [1.807, 2.05) is 30.1 Å². The summed E-state index contributed by atoms with van der Waals surface area (Å²) in [7, 11) is 2.00. The Balaban J connectivity index is 0.00000120. The highest BCUT2D eigenvalue weighted by molar-refractivity contribution is 5.85. The number of nitrogens with zero attached hydrogens (tertiary/aromatic N) is 2. The summed E-state index contributed by atoms with van der Waals surface area (Å²) >= 11 is 0. The summed E-state index contributed by atoms with van der Waals surface area (Å²) < 4.78 is 2.02. The van der Waals surface area contributed by atoms with E-state index in [1.165, 1.54) is 5.56 Å². The summed E-state index contributed by atoms with van der Waals surface area (Å²) in [4.78, 5) is 4.39. The molecule has 1 aromatic carbocycles. The number of imidazole rings is 1. The standard InChI is InChI=1S/C14H17N3.ClH/c1-17-10-9-16-13(17)12(15)14(7-8-14)11-5-3-2-4-6-11;/h2-6,9-10,12H,7-8,15H2,1H3;1H.